The van der Waals surface area contributed by atoms with E-state index >= 15 is 0 Å². The molecular formula is C11H12ClN3O2. The Labute approximate surface area is 104 Å². The molecule has 2 atom stereocenters. The zero-order valence-corrected chi connectivity index (χ0v) is 9.96. The number of rotatable bonds is 2. The van der Waals surface area contributed by atoms with Crippen molar-refractivity contribution in [3.8, 4) is 11.5 Å². The summed E-state index contributed by atoms with van der Waals surface area (Å²) in [7, 11) is 1.60. The Bertz CT molecular complexity index is 445. The van der Waals surface area contributed by atoms with Crippen LogP contribution in [0.25, 0.3) is 0 Å². The highest BCUT2D eigenvalue weighted by Gasteiger charge is 2.18. The lowest BCUT2D eigenvalue weighted by Crippen LogP contribution is -2.38. The minimum Gasteiger partial charge on any atom is -0.497 e. The average molecular weight is 254 g/mol. The highest BCUT2D eigenvalue weighted by molar-refractivity contribution is 6.22. The summed E-state index contributed by atoms with van der Waals surface area (Å²) >= 11 is 5.75. The summed E-state index contributed by atoms with van der Waals surface area (Å²) < 4.78 is 10.6. The average Bonchev–Trinajstić information content (AvgIpc) is 2.35. The number of hydrogen-bond acceptors (Lipinski definition) is 5. The third-order valence-electron chi connectivity index (χ3n) is 2.17. The Balaban J connectivity index is 2.09. The highest BCUT2D eigenvalue weighted by Crippen LogP contribution is 2.18. The van der Waals surface area contributed by atoms with Crippen molar-refractivity contribution in [3.05, 3.63) is 24.3 Å². The molecule has 0 saturated carbocycles. The van der Waals surface area contributed by atoms with Gasteiger partial charge in [0.1, 0.15) is 17.5 Å². The van der Waals surface area contributed by atoms with Crippen molar-refractivity contribution in [1.29, 1.82) is 0 Å². The molecule has 2 unspecified atom stereocenters. The van der Waals surface area contributed by atoms with Crippen LogP contribution in [0.5, 0.6) is 11.5 Å². The van der Waals surface area contributed by atoms with Crippen LogP contribution in [0.4, 0.5) is 0 Å². The molecule has 2 N–H and O–H groups in total. The zero-order chi connectivity index (χ0) is 12.3. The van der Waals surface area contributed by atoms with Crippen LogP contribution < -0.4 is 15.2 Å². The van der Waals surface area contributed by atoms with Gasteiger partial charge in [0.25, 0.3) is 0 Å². The van der Waals surface area contributed by atoms with Gasteiger partial charge in [-0.1, -0.05) is 11.6 Å². The summed E-state index contributed by atoms with van der Waals surface area (Å²) in [5.74, 6) is 1.73. The lowest BCUT2D eigenvalue weighted by Gasteiger charge is -2.16. The van der Waals surface area contributed by atoms with E-state index in [1.807, 2.05) is 0 Å². The fourth-order valence-electron chi connectivity index (χ4n) is 1.31. The van der Waals surface area contributed by atoms with E-state index in [0.29, 0.717) is 11.6 Å². The second kappa shape index (κ2) is 5.16. The minimum atomic E-state index is -0.664. The normalized spacial score (nSPS) is 23.1. The second-order valence-corrected chi connectivity index (χ2v) is 3.77. The predicted molar refractivity (Wildman–Crippen MR) is 67.2 cm³/mol. The zero-order valence-electron chi connectivity index (χ0n) is 9.21. The molecule has 0 bridgehead atoms. The summed E-state index contributed by atoms with van der Waals surface area (Å²) in [6.45, 7) is 0. The first kappa shape index (κ1) is 11.9. The standard InChI is InChI=1S/C11H12ClN3O2/c1-16-7-2-4-8(5-3-7)17-10-9(13)6-14-11(12)15-10/h2-6,9,11H,13H2,1H3. The van der Waals surface area contributed by atoms with Gasteiger partial charge < -0.3 is 15.2 Å². The summed E-state index contributed by atoms with van der Waals surface area (Å²) in [5.41, 5.74) is 5.09. The molecule has 1 aliphatic heterocycles. The van der Waals surface area contributed by atoms with Gasteiger partial charge >= 0.3 is 0 Å². The van der Waals surface area contributed by atoms with E-state index in [9.17, 15) is 0 Å². The number of benzene rings is 1. The van der Waals surface area contributed by atoms with E-state index in [0.717, 1.165) is 5.75 Å². The van der Waals surface area contributed by atoms with E-state index in [4.69, 9.17) is 26.8 Å². The van der Waals surface area contributed by atoms with Crippen molar-refractivity contribution >= 4 is 23.7 Å². The van der Waals surface area contributed by atoms with Crippen LogP contribution in [0, 0.1) is 0 Å². The molecule has 1 aromatic carbocycles. The molecule has 6 heteroatoms. The molecule has 0 aromatic heterocycles. The van der Waals surface area contributed by atoms with Crippen molar-refractivity contribution in [2.24, 2.45) is 15.7 Å². The maximum absolute atomic E-state index is 5.76. The molecular weight excluding hydrogens is 242 g/mol. The number of ether oxygens (including phenoxy) is 2. The molecule has 0 aliphatic carbocycles. The maximum Gasteiger partial charge on any atom is 0.217 e. The SMILES string of the molecule is COc1ccc(OC2=NC(Cl)N=CC2N)cc1. The number of aliphatic imine (C=N–C) groups is 2. The second-order valence-electron chi connectivity index (χ2n) is 3.38. The largest absolute Gasteiger partial charge is 0.497 e. The summed E-state index contributed by atoms with van der Waals surface area (Å²) in [6, 6.07) is 6.64. The highest BCUT2D eigenvalue weighted by atomic mass is 35.5. The van der Waals surface area contributed by atoms with Crippen molar-refractivity contribution < 1.29 is 9.47 Å². The van der Waals surface area contributed by atoms with Crippen molar-refractivity contribution in [3.63, 3.8) is 0 Å². The quantitative estimate of drug-likeness (QED) is 0.640. The molecule has 17 heavy (non-hydrogen) atoms. The predicted octanol–water partition coefficient (Wildman–Crippen LogP) is 1.41. The van der Waals surface area contributed by atoms with E-state index < -0.39 is 11.7 Å². The van der Waals surface area contributed by atoms with Gasteiger partial charge in [0.15, 0.2) is 0 Å². The molecule has 2 rings (SSSR count). The number of methoxy groups -OCH3 is 1. The van der Waals surface area contributed by atoms with Crippen LogP contribution >= 0.6 is 11.6 Å². The Kier molecular flexibility index (Phi) is 3.61. The van der Waals surface area contributed by atoms with Gasteiger partial charge in [0.2, 0.25) is 11.5 Å². The molecule has 0 radical (unpaired) electrons. The van der Waals surface area contributed by atoms with Crippen LogP contribution in [0.2, 0.25) is 0 Å². The number of alkyl halides is 1. The summed E-state index contributed by atoms with van der Waals surface area (Å²) in [4.78, 5) is 7.86. The van der Waals surface area contributed by atoms with Crippen molar-refractivity contribution in [2.75, 3.05) is 7.11 Å². The Hall–Kier alpha value is -1.59. The number of halogens is 1. The van der Waals surface area contributed by atoms with Crippen molar-refractivity contribution in [2.45, 2.75) is 11.7 Å². The first-order chi connectivity index (χ1) is 8.19. The van der Waals surface area contributed by atoms with E-state index in [1.165, 1.54) is 6.21 Å². The van der Waals surface area contributed by atoms with E-state index in [2.05, 4.69) is 9.98 Å². The maximum atomic E-state index is 5.76. The smallest absolute Gasteiger partial charge is 0.217 e. The molecule has 0 fully saturated rings. The van der Waals surface area contributed by atoms with Gasteiger partial charge in [0, 0.05) is 6.21 Å². The van der Waals surface area contributed by atoms with Crippen LogP contribution in [-0.4, -0.2) is 30.9 Å². The fraction of sp³-hybridized carbons (Fsp3) is 0.273. The van der Waals surface area contributed by atoms with E-state index in [1.54, 1.807) is 31.4 Å². The Morgan fingerprint density at radius 2 is 1.88 bits per heavy atom. The lowest BCUT2D eigenvalue weighted by atomic mass is 10.3. The minimum absolute atomic E-state index is 0.352. The van der Waals surface area contributed by atoms with Gasteiger partial charge in [0.05, 0.1) is 7.11 Å². The van der Waals surface area contributed by atoms with Gasteiger partial charge in [-0.05, 0) is 24.3 Å². The molecule has 1 aliphatic rings. The molecule has 1 heterocycles. The summed E-state index contributed by atoms with van der Waals surface area (Å²) in [5, 5.41) is 0. The fourth-order valence-corrected chi connectivity index (χ4v) is 1.47. The molecule has 0 amide bonds. The van der Waals surface area contributed by atoms with Crippen molar-refractivity contribution in [1.82, 2.24) is 0 Å². The molecule has 90 valence electrons. The topological polar surface area (TPSA) is 69.2 Å². The third kappa shape index (κ3) is 2.95. The Morgan fingerprint density at radius 3 is 2.53 bits per heavy atom. The molecule has 0 spiro atoms. The molecule has 1 aromatic rings. The van der Waals surface area contributed by atoms with Crippen LogP contribution in [0.15, 0.2) is 34.3 Å². The van der Waals surface area contributed by atoms with Gasteiger partial charge in [-0.25, -0.2) is 4.99 Å². The number of nitrogens with zero attached hydrogens (tertiary/aromatic N) is 2. The van der Waals surface area contributed by atoms with Crippen LogP contribution in [-0.2, 0) is 0 Å². The lowest BCUT2D eigenvalue weighted by molar-refractivity contribution is 0.413. The Morgan fingerprint density at radius 1 is 1.24 bits per heavy atom. The van der Waals surface area contributed by atoms with Gasteiger partial charge in [-0.15, -0.1) is 0 Å². The first-order valence-corrected chi connectivity index (χ1v) is 5.45. The van der Waals surface area contributed by atoms with Crippen LogP contribution in [0.3, 0.4) is 0 Å². The molecule has 0 saturated heterocycles. The monoisotopic (exact) mass is 253 g/mol. The van der Waals surface area contributed by atoms with Gasteiger partial charge in [-0.2, -0.15) is 0 Å². The van der Waals surface area contributed by atoms with Gasteiger partial charge in [-0.3, -0.25) is 4.99 Å². The number of nitrogens with two attached hydrogens (primary N) is 1. The van der Waals surface area contributed by atoms with E-state index in [-0.39, 0.29) is 0 Å². The third-order valence-corrected chi connectivity index (χ3v) is 2.38. The van der Waals surface area contributed by atoms with Crippen LogP contribution in [0.1, 0.15) is 0 Å². The molecule has 5 nitrogen and oxygen atoms in total. The summed E-state index contributed by atoms with van der Waals surface area (Å²) in [6.07, 6.45) is 1.52. The number of hydrogen-bond donors (Lipinski definition) is 1. The first-order valence-electron chi connectivity index (χ1n) is 5.01.